The summed E-state index contributed by atoms with van der Waals surface area (Å²) in [4.78, 5) is 10.9. The van der Waals surface area contributed by atoms with Crippen LogP contribution < -0.4 is 16.0 Å². The van der Waals surface area contributed by atoms with Crippen LogP contribution >= 0.6 is 11.3 Å². The van der Waals surface area contributed by atoms with Crippen LogP contribution in [0.25, 0.3) is 0 Å². The first kappa shape index (κ1) is 19.7. The van der Waals surface area contributed by atoms with Crippen molar-refractivity contribution in [3.8, 4) is 0 Å². The lowest BCUT2D eigenvalue weighted by Gasteiger charge is -2.36. The largest absolute Gasteiger partial charge is 0.370 e. The Balaban J connectivity index is 1.23. The van der Waals surface area contributed by atoms with Crippen molar-refractivity contribution in [2.75, 3.05) is 50.7 Å². The third-order valence-corrected chi connectivity index (χ3v) is 5.85. The van der Waals surface area contributed by atoms with E-state index in [0.29, 0.717) is 5.96 Å². The van der Waals surface area contributed by atoms with Crippen molar-refractivity contribution in [2.45, 2.75) is 19.3 Å². The van der Waals surface area contributed by atoms with Crippen LogP contribution in [0.4, 0.5) is 5.69 Å². The van der Waals surface area contributed by atoms with Crippen LogP contribution in [0.2, 0.25) is 0 Å². The molecule has 0 aliphatic carbocycles. The molecule has 6 heteroatoms. The summed E-state index contributed by atoms with van der Waals surface area (Å²) in [5, 5.41) is 5.31. The zero-order chi connectivity index (χ0) is 18.7. The summed E-state index contributed by atoms with van der Waals surface area (Å²) in [5.41, 5.74) is 7.28. The first-order chi connectivity index (χ1) is 13.3. The van der Waals surface area contributed by atoms with Gasteiger partial charge in [-0.15, -0.1) is 11.3 Å². The lowest BCUT2D eigenvalue weighted by molar-refractivity contribution is 0.253. The molecule has 0 saturated carbocycles. The Hall–Kier alpha value is -2.05. The maximum Gasteiger partial charge on any atom is 0.188 e. The number of hydrogen-bond acceptors (Lipinski definition) is 4. The summed E-state index contributed by atoms with van der Waals surface area (Å²) >= 11 is 1.78. The number of aliphatic imine (C=N–C) groups is 1. The molecule has 27 heavy (non-hydrogen) atoms. The van der Waals surface area contributed by atoms with Crippen LogP contribution in [0, 0.1) is 0 Å². The number of thiophene rings is 1. The Morgan fingerprint density at radius 1 is 1.04 bits per heavy atom. The van der Waals surface area contributed by atoms with Gasteiger partial charge in [0.05, 0.1) is 0 Å². The Morgan fingerprint density at radius 2 is 1.85 bits per heavy atom. The van der Waals surface area contributed by atoms with Crippen LogP contribution in [0.3, 0.4) is 0 Å². The summed E-state index contributed by atoms with van der Waals surface area (Å²) < 4.78 is 0. The minimum Gasteiger partial charge on any atom is -0.370 e. The van der Waals surface area contributed by atoms with Crippen LogP contribution in [0.15, 0.2) is 52.8 Å². The molecule has 0 amide bonds. The summed E-state index contributed by atoms with van der Waals surface area (Å²) in [6, 6.07) is 14.9. The first-order valence-corrected chi connectivity index (χ1v) is 10.8. The molecule has 2 aromatic rings. The van der Waals surface area contributed by atoms with Gasteiger partial charge in [-0.1, -0.05) is 24.3 Å². The molecule has 3 rings (SSSR count). The van der Waals surface area contributed by atoms with Gasteiger partial charge >= 0.3 is 0 Å². The number of piperazine rings is 1. The number of hydrogen-bond donors (Lipinski definition) is 2. The van der Waals surface area contributed by atoms with Gasteiger partial charge in [-0.3, -0.25) is 9.89 Å². The molecule has 3 N–H and O–H groups in total. The number of unbranched alkanes of at least 4 members (excludes halogenated alkanes) is 1. The summed E-state index contributed by atoms with van der Waals surface area (Å²) in [6.45, 7) is 7.33. The van der Waals surface area contributed by atoms with Crippen molar-refractivity contribution >= 4 is 23.0 Å². The fourth-order valence-corrected chi connectivity index (χ4v) is 4.05. The second-order valence-corrected chi connectivity index (χ2v) is 7.93. The first-order valence-electron chi connectivity index (χ1n) is 9.90. The fourth-order valence-electron chi connectivity index (χ4n) is 3.34. The van der Waals surface area contributed by atoms with E-state index in [-0.39, 0.29) is 0 Å². The third-order valence-electron chi connectivity index (χ3n) is 4.92. The zero-order valence-electron chi connectivity index (χ0n) is 16.0. The highest BCUT2D eigenvalue weighted by atomic mass is 32.1. The normalized spacial score (nSPS) is 15.9. The number of nitrogens with two attached hydrogens (primary N) is 1. The van der Waals surface area contributed by atoms with Crippen molar-refractivity contribution in [1.82, 2.24) is 10.2 Å². The molecule has 1 aliphatic rings. The average Bonchev–Trinajstić information content (AvgIpc) is 3.22. The fraction of sp³-hybridized carbons (Fsp3) is 0.476. The van der Waals surface area contributed by atoms with Crippen molar-refractivity contribution in [1.29, 1.82) is 0 Å². The van der Waals surface area contributed by atoms with Crippen molar-refractivity contribution < 1.29 is 0 Å². The molecule has 1 fully saturated rings. The summed E-state index contributed by atoms with van der Waals surface area (Å²) in [6.07, 6.45) is 3.27. The number of nitrogens with one attached hydrogen (secondary N) is 1. The monoisotopic (exact) mass is 385 g/mol. The second-order valence-electron chi connectivity index (χ2n) is 6.89. The molecule has 146 valence electrons. The molecule has 1 aromatic carbocycles. The number of nitrogens with zero attached hydrogens (tertiary/aromatic N) is 3. The van der Waals surface area contributed by atoms with E-state index in [1.165, 1.54) is 17.0 Å². The number of benzene rings is 1. The maximum atomic E-state index is 5.94. The molecule has 0 atom stereocenters. The predicted molar refractivity (Wildman–Crippen MR) is 117 cm³/mol. The molecule has 1 aliphatic heterocycles. The van der Waals surface area contributed by atoms with Gasteiger partial charge in [0.1, 0.15) is 0 Å². The van der Waals surface area contributed by atoms with Gasteiger partial charge in [0.15, 0.2) is 5.96 Å². The molecule has 2 heterocycles. The van der Waals surface area contributed by atoms with Gasteiger partial charge in [0.2, 0.25) is 0 Å². The van der Waals surface area contributed by atoms with Gasteiger partial charge in [-0.2, -0.15) is 0 Å². The average molecular weight is 386 g/mol. The quantitative estimate of drug-likeness (QED) is 0.396. The Kier molecular flexibility index (Phi) is 7.99. The number of rotatable bonds is 9. The van der Waals surface area contributed by atoms with Gasteiger partial charge in [-0.05, 0) is 49.4 Å². The van der Waals surface area contributed by atoms with Crippen LogP contribution in [-0.4, -0.2) is 56.7 Å². The Morgan fingerprint density at radius 3 is 2.59 bits per heavy atom. The van der Waals surface area contributed by atoms with Crippen molar-refractivity contribution in [2.24, 2.45) is 10.7 Å². The van der Waals surface area contributed by atoms with Crippen LogP contribution in [0.1, 0.15) is 17.7 Å². The van der Waals surface area contributed by atoms with Crippen molar-refractivity contribution in [3.05, 3.63) is 52.7 Å². The van der Waals surface area contributed by atoms with E-state index in [1.54, 1.807) is 11.3 Å². The summed E-state index contributed by atoms with van der Waals surface area (Å²) in [5.74, 6) is 0.572. The van der Waals surface area contributed by atoms with E-state index in [9.17, 15) is 0 Å². The molecule has 1 aromatic heterocycles. The lowest BCUT2D eigenvalue weighted by Crippen LogP contribution is -2.46. The van der Waals surface area contributed by atoms with E-state index in [2.05, 4.69) is 68.0 Å². The highest BCUT2D eigenvalue weighted by molar-refractivity contribution is 7.09. The second kappa shape index (κ2) is 10.9. The van der Waals surface area contributed by atoms with Crippen molar-refractivity contribution in [3.63, 3.8) is 0 Å². The molecule has 5 nitrogen and oxygen atoms in total. The number of anilines is 1. The smallest absolute Gasteiger partial charge is 0.188 e. The predicted octanol–water partition coefficient (Wildman–Crippen LogP) is 2.80. The highest BCUT2D eigenvalue weighted by Crippen LogP contribution is 2.15. The van der Waals surface area contributed by atoms with Gasteiger partial charge in [0.25, 0.3) is 0 Å². The number of para-hydroxylation sites is 1. The minimum absolute atomic E-state index is 0.572. The molecule has 1 saturated heterocycles. The van der Waals surface area contributed by atoms with E-state index in [1.807, 2.05) is 0 Å². The Labute approximate surface area is 166 Å². The molecular weight excluding hydrogens is 354 g/mol. The van der Waals surface area contributed by atoms with Gasteiger partial charge in [-0.25, -0.2) is 0 Å². The van der Waals surface area contributed by atoms with E-state index < -0.39 is 0 Å². The lowest BCUT2D eigenvalue weighted by atomic mass is 10.2. The van der Waals surface area contributed by atoms with E-state index >= 15 is 0 Å². The minimum atomic E-state index is 0.572. The van der Waals surface area contributed by atoms with Crippen LogP contribution in [-0.2, 0) is 6.42 Å². The van der Waals surface area contributed by atoms with Crippen LogP contribution in [0.5, 0.6) is 0 Å². The van der Waals surface area contributed by atoms with E-state index in [4.69, 9.17) is 5.73 Å². The molecular formula is C21H31N5S. The Bertz CT molecular complexity index is 663. The third kappa shape index (κ3) is 6.88. The topological polar surface area (TPSA) is 56.9 Å². The maximum absolute atomic E-state index is 5.94. The molecule has 0 spiro atoms. The standard InChI is InChI=1S/C21H31N5S/c22-21(24-12-10-20-9-6-18-27-20)23-11-4-5-13-25-14-16-26(17-15-25)19-7-2-1-3-8-19/h1-3,6-9,18H,4-5,10-17H2,(H3,22,23,24). The zero-order valence-corrected chi connectivity index (χ0v) is 16.8. The highest BCUT2D eigenvalue weighted by Gasteiger charge is 2.16. The SMILES string of the molecule is NC(=NCCCCN1CCN(c2ccccc2)CC1)NCCc1cccs1. The molecule has 0 radical (unpaired) electrons. The molecule has 0 bridgehead atoms. The summed E-state index contributed by atoms with van der Waals surface area (Å²) in [7, 11) is 0. The van der Waals surface area contributed by atoms with E-state index in [0.717, 1.165) is 58.7 Å². The van der Waals surface area contributed by atoms with Gasteiger partial charge < -0.3 is 16.0 Å². The molecule has 0 unspecified atom stereocenters. The van der Waals surface area contributed by atoms with Gasteiger partial charge in [0, 0.05) is 49.8 Å². The number of guanidine groups is 1.